The quantitative estimate of drug-likeness (QED) is 0.464. The van der Waals surface area contributed by atoms with Gasteiger partial charge in [0.05, 0.1) is 27.9 Å². The third-order valence-corrected chi connectivity index (χ3v) is 9.30. The monoisotopic (exact) mass is 539 g/mol. The van der Waals surface area contributed by atoms with Crippen LogP contribution in [0.1, 0.15) is 37.0 Å². The number of carboxylic acids is 1. The van der Waals surface area contributed by atoms with Crippen LogP contribution in [0.25, 0.3) is 0 Å². The van der Waals surface area contributed by atoms with E-state index in [9.17, 15) is 27.8 Å². The Morgan fingerprint density at radius 3 is 2.61 bits per heavy atom. The minimum Gasteiger partial charge on any atom is -0.478 e. The van der Waals surface area contributed by atoms with Crippen LogP contribution >= 0.6 is 0 Å². The van der Waals surface area contributed by atoms with Crippen LogP contribution in [0.15, 0.2) is 88.1 Å². The molecule has 1 aliphatic heterocycles. The summed E-state index contributed by atoms with van der Waals surface area (Å²) >= 11 is 0. The zero-order valence-corrected chi connectivity index (χ0v) is 22.0. The molecule has 3 aliphatic rings. The number of aromatic carboxylic acids is 1. The third-order valence-electron chi connectivity index (χ3n) is 7.41. The summed E-state index contributed by atoms with van der Waals surface area (Å²) in [6, 6.07) is 11.8. The second-order valence-electron chi connectivity index (χ2n) is 9.98. The maximum atomic E-state index is 13.7. The van der Waals surface area contributed by atoms with Crippen LogP contribution in [-0.2, 0) is 10.0 Å². The van der Waals surface area contributed by atoms with E-state index in [0.717, 1.165) is 40.9 Å². The highest BCUT2D eigenvalue weighted by Gasteiger charge is 2.40. The van der Waals surface area contributed by atoms with Gasteiger partial charge in [0.25, 0.3) is 0 Å². The Balaban J connectivity index is 1.47. The van der Waals surface area contributed by atoms with E-state index in [1.54, 1.807) is 12.1 Å². The van der Waals surface area contributed by atoms with Crippen LogP contribution < -0.4 is 10.4 Å². The van der Waals surface area contributed by atoms with Crippen molar-refractivity contribution in [2.45, 2.75) is 37.7 Å². The number of aliphatic hydroxyl groups excluding tert-OH is 1. The van der Waals surface area contributed by atoms with Crippen LogP contribution in [0.4, 0.5) is 10.1 Å². The number of fused-ring (bicyclic) bond motifs is 1. The number of hydrogen-bond acceptors (Lipinski definition) is 6. The fourth-order valence-corrected chi connectivity index (χ4v) is 7.48. The van der Waals surface area contributed by atoms with Crippen LogP contribution in [-0.4, -0.2) is 48.1 Å². The van der Waals surface area contributed by atoms with E-state index < -0.39 is 22.1 Å². The normalized spacial score (nSPS) is 21.6. The van der Waals surface area contributed by atoms with Gasteiger partial charge >= 0.3 is 5.97 Å². The summed E-state index contributed by atoms with van der Waals surface area (Å²) in [5.74, 6) is -1.71. The SMILES string of the molecule is C[C@H]1C2=CNN(c3ccc(F)cc3)C2=CC2=C1[C@@H](CN(C[C@H](C)O)S(=O)(=O)c1ccccc1C(=O)O)CC2. The summed E-state index contributed by atoms with van der Waals surface area (Å²) in [5, 5.41) is 21.7. The lowest BCUT2D eigenvalue weighted by Gasteiger charge is -2.32. The van der Waals surface area contributed by atoms with Gasteiger partial charge in [-0.3, -0.25) is 5.01 Å². The third kappa shape index (κ3) is 4.63. The Labute approximate surface area is 221 Å². The highest BCUT2D eigenvalue weighted by molar-refractivity contribution is 7.89. The molecule has 200 valence electrons. The summed E-state index contributed by atoms with van der Waals surface area (Å²) in [4.78, 5) is 11.5. The summed E-state index contributed by atoms with van der Waals surface area (Å²) in [6.45, 7) is 3.60. The number of hydrazine groups is 1. The molecule has 0 aromatic heterocycles. The molecule has 10 heteroatoms. The molecule has 0 bridgehead atoms. The minimum atomic E-state index is -4.19. The number of halogens is 1. The summed E-state index contributed by atoms with van der Waals surface area (Å²) in [7, 11) is -4.19. The van der Waals surface area contributed by atoms with Crippen molar-refractivity contribution in [1.29, 1.82) is 0 Å². The van der Waals surface area contributed by atoms with Gasteiger partial charge in [-0.15, -0.1) is 0 Å². The smallest absolute Gasteiger partial charge is 0.337 e. The van der Waals surface area contributed by atoms with E-state index in [1.807, 2.05) is 11.2 Å². The number of anilines is 1. The van der Waals surface area contributed by atoms with Gasteiger partial charge < -0.3 is 15.6 Å². The van der Waals surface area contributed by atoms with Crippen molar-refractivity contribution in [3.8, 4) is 0 Å². The van der Waals surface area contributed by atoms with Crippen molar-refractivity contribution in [3.05, 3.63) is 94.6 Å². The lowest BCUT2D eigenvalue weighted by molar-refractivity contribution is 0.0692. The van der Waals surface area contributed by atoms with Gasteiger partial charge in [0.15, 0.2) is 0 Å². The highest BCUT2D eigenvalue weighted by Crippen LogP contribution is 2.48. The number of nitrogens with one attached hydrogen (secondary N) is 1. The van der Waals surface area contributed by atoms with Gasteiger partial charge in [0.2, 0.25) is 10.0 Å². The average Bonchev–Trinajstić information content (AvgIpc) is 3.49. The molecular weight excluding hydrogens is 509 g/mol. The Hall–Kier alpha value is -3.47. The van der Waals surface area contributed by atoms with Crippen LogP contribution in [0, 0.1) is 17.7 Å². The maximum absolute atomic E-state index is 13.7. The number of sulfonamides is 1. The van der Waals surface area contributed by atoms with Crippen molar-refractivity contribution in [2.75, 3.05) is 18.1 Å². The van der Waals surface area contributed by atoms with Crippen LogP contribution in [0.2, 0.25) is 0 Å². The molecule has 0 unspecified atom stereocenters. The van der Waals surface area contributed by atoms with E-state index in [1.165, 1.54) is 47.6 Å². The van der Waals surface area contributed by atoms with Crippen molar-refractivity contribution in [2.24, 2.45) is 11.8 Å². The summed E-state index contributed by atoms with van der Waals surface area (Å²) < 4.78 is 42.1. The van der Waals surface area contributed by atoms with E-state index in [-0.39, 0.29) is 41.2 Å². The predicted octanol–water partition coefficient (Wildman–Crippen LogP) is 4.04. The number of carbonyl (C=O) groups is 1. The first-order valence-corrected chi connectivity index (χ1v) is 14.0. The number of carboxylic acid groups (broad SMARTS) is 1. The molecule has 5 rings (SSSR count). The Bertz CT molecular complexity index is 1460. The van der Waals surface area contributed by atoms with E-state index in [2.05, 4.69) is 18.4 Å². The van der Waals surface area contributed by atoms with Crippen molar-refractivity contribution in [1.82, 2.24) is 9.73 Å². The van der Waals surface area contributed by atoms with Crippen LogP contribution in [0.5, 0.6) is 0 Å². The van der Waals surface area contributed by atoms with E-state index in [4.69, 9.17) is 0 Å². The molecule has 3 N–H and O–H groups in total. The second kappa shape index (κ2) is 10.0. The molecule has 2 aromatic carbocycles. The van der Waals surface area contributed by atoms with Gasteiger partial charge in [0.1, 0.15) is 5.82 Å². The van der Waals surface area contributed by atoms with Crippen molar-refractivity contribution < 1.29 is 27.8 Å². The van der Waals surface area contributed by atoms with Gasteiger partial charge in [-0.05, 0) is 73.7 Å². The molecule has 8 nitrogen and oxygen atoms in total. The lowest BCUT2D eigenvalue weighted by Crippen LogP contribution is -2.41. The number of hydrogen-bond donors (Lipinski definition) is 3. The number of benzene rings is 2. The zero-order valence-electron chi connectivity index (χ0n) is 21.1. The molecule has 0 amide bonds. The summed E-state index contributed by atoms with van der Waals surface area (Å²) in [6.07, 6.45) is 4.61. The molecule has 2 aromatic rings. The molecule has 0 fully saturated rings. The molecule has 1 heterocycles. The van der Waals surface area contributed by atoms with Crippen molar-refractivity contribution >= 4 is 21.7 Å². The molecule has 0 spiro atoms. The summed E-state index contributed by atoms with van der Waals surface area (Å²) in [5.41, 5.74) is 8.10. The second-order valence-corrected chi connectivity index (χ2v) is 11.9. The first-order valence-electron chi connectivity index (χ1n) is 12.6. The highest BCUT2D eigenvalue weighted by atomic mass is 32.2. The maximum Gasteiger partial charge on any atom is 0.337 e. The molecule has 0 radical (unpaired) electrons. The molecule has 3 atom stereocenters. The Kier molecular flexibility index (Phi) is 6.89. The van der Waals surface area contributed by atoms with Gasteiger partial charge in [-0.2, -0.15) is 4.31 Å². The van der Waals surface area contributed by atoms with Crippen LogP contribution in [0.3, 0.4) is 0 Å². The number of allylic oxidation sites excluding steroid dienone is 3. The number of nitrogens with zero attached hydrogens (tertiary/aromatic N) is 2. The van der Waals surface area contributed by atoms with E-state index in [0.29, 0.717) is 0 Å². The standard InChI is InChI=1S/C28H30FN3O5S/c1-17(33)15-31(38(36,37)26-6-4-3-5-23(26)28(34)35)16-20-8-7-19-13-25-24(18(2)27(19)20)14-30-32(25)22-11-9-21(29)10-12-22/h3-6,9-14,17-18,20,30,33H,7-8,15-16H2,1-2H3,(H,34,35)/t17-,18-,20+/m0/s1. The minimum absolute atomic E-state index is 0.0119. The Morgan fingerprint density at radius 1 is 1.21 bits per heavy atom. The van der Waals surface area contributed by atoms with Gasteiger partial charge in [-0.25, -0.2) is 17.6 Å². The van der Waals surface area contributed by atoms with E-state index >= 15 is 0 Å². The molecular formula is C28H30FN3O5S. The fourth-order valence-electron chi connectivity index (χ4n) is 5.72. The first kappa shape index (κ1) is 26.1. The number of aliphatic hydroxyl groups is 1. The average molecular weight is 540 g/mol. The molecule has 38 heavy (non-hydrogen) atoms. The topological polar surface area (TPSA) is 110 Å². The van der Waals surface area contributed by atoms with Gasteiger partial charge in [0, 0.05) is 30.8 Å². The predicted molar refractivity (Wildman–Crippen MR) is 141 cm³/mol. The zero-order chi connectivity index (χ0) is 27.2. The number of rotatable bonds is 8. The molecule has 0 saturated heterocycles. The Morgan fingerprint density at radius 2 is 1.92 bits per heavy atom. The molecule has 2 aliphatic carbocycles. The van der Waals surface area contributed by atoms with Crippen molar-refractivity contribution in [3.63, 3.8) is 0 Å². The fraction of sp³-hybridized carbons (Fsp3) is 0.321. The van der Waals surface area contributed by atoms with Gasteiger partial charge in [-0.1, -0.05) is 24.6 Å². The lowest BCUT2D eigenvalue weighted by atomic mass is 9.80. The molecule has 0 saturated carbocycles. The largest absolute Gasteiger partial charge is 0.478 e. The first-order chi connectivity index (χ1) is 18.1.